The molecule has 8 rings (SSSR count). The Labute approximate surface area is 270 Å². The van der Waals surface area contributed by atoms with E-state index in [4.69, 9.17) is 60.6 Å². The van der Waals surface area contributed by atoms with Crippen LogP contribution in [0.5, 0.6) is 11.5 Å². The Morgan fingerprint density at radius 3 is 2.07 bits per heavy atom. The van der Waals surface area contributed by atoms with Crippen LogP contribution in [-0.4, -0.2) is 35.8 Å². The quantitative estimate of drug-likeness (QED) is 0.240. The number of rotatable bonds is 4. The van der Waals surface area contributed by atoms with Crippen molar-refractivity contribution in [1.29, 1.82) is 0 Å². The van der Waals surface area contributed by atoms with E-state index in [1.165, 1.54) is 11.1 Å². The third kappa shape index (κ3) is 4.33. The molecule has 4 aromatic rings. The van der Waals surface area contributed by atoms with Crippen LogP contribution in [0.2, 0.25) is 20.1 Å². The summed E-state index contributed by atoms with van der Waals surface area (Å²) in [6.45, 7) is 0. The van der Waals surface area contributed by atoms with Crippen LogP contribution in [0.3, 0.4) is 0 Å². The number of ether oxygens (including phenoxy) is 3. The third-order valence-electron chi connectivity index (χ3n) is 7.30. The maximum Gasteiger partial charge on any atom is 0.291 e. The molecule has 0 radical (unpaired) electrons. The molecule has 4 heterocycles. The standard InChI is InChI=1S/C30H18Cl4N6O4/c31-17-12-20(34)25(16-13-35-29-39(22(16)17)37-26(43-29)14-7-3-1-4-8-14)42-28-21-23(18(32)11-19(33)24(21)41)40-30(36-28)44-27(38-40)15-9-5-2-6-10-15/h1-13,28-30,36,41H. The van der Waals surface area contributed by atoms with Crippen molar-refractivity contribution >= 4 is 75.8 Å². The molecule has 3 unspecified atom stereocenters. The minimum absolute atomic E-state index is 0.0283. The molecule has 44 heavy (non-hydrogen) atoms. The van der Waals surface area contributed by atoms with Gasteiger partial charge in [0.15, 0.2) is 12.0 Å². The molecule has 4 aliphatic rings. The topological polar surface area (TPSA) is 104 Å². The number of aliphatic imine (C=N–C) groups is 1. The summed E-state index contributed by atoms with van der Waals surface area (Å²) in [7, 11) is 0. The Morgan fingerprint density at radius 1 is 0.750 bits per heavy atom. The Kier molecular flexibility index (Phi) is 6.51. The predicted octanol–water partition coefficient (Wildman–Crippen LogP) is 7.08. The van der Waals surface area contributed by atoms with E-state index >= 15 is 0 Å². The molecular weight excluding hydrogens is 650 g/mol. The van der Waals surface area contributed by atoms with Crippen LogP contribution in [0.15, 0.2) is 88.0 Å². The van der Waals surface area contributed by atoms with Gasteiger partial charge in [-0.15, -0.1) is 10.2 Å². The first kappa shape index (κ1) is 27.4. The maximum atomic E-state index is 11.2. The van der Waals surface area contributed by atoms with Gasteiger partial charge in [-0.3, -0.25) is 0 Å². The summed E-state index contributed by atoms with van der Waals surface area (Å²) in [5.41, 5.74) is 3.05. The van der Waals surface area contributed by atoms with Crippen LogP contribution in [0.1, 0.15) is 28.5 Å². The lowest BCUT2D eigenvalue weighted by Gasteiger charge is -2.37. The van der Waals surface area contributed by atoms with Crippen molar-refractivity contribution in [3.8, 4) is 11.5 Å². The van der Waals surface area contributed by atoms with Crippen molar-refractivity contribution in [2.45, 2.75) is 18.9 Å². The smallest absolute Gasteiger partial charge is 0.291 e. The van der Waals surface area contributed by atoms with E-state index in [0.29, 0.717) is 33.8 Å². The molecule has 0 saturated carbocycles. The summed E-state index contributed by atoms with van der Waals surface area (Å²) >= 11 is 26.5. The minimum atomic E-state index is -1.06. The van der Waals surface area contributed by atoms with Crippen molar-refractivity contribution in [2.75, 3.05) is 10.0 Å². The van der Waals surface area contributed by atoms with Crippen LogP contribution in [0.25, 0.3) is 0 Å². The van der Waals surface area contributed by atoms with Gasteiger partial charge in [-0.25, -0.2) is 15.3 Å². The fourth-order valence-electron chi connectivity index (χ4n) is 5.33. The summed E-state index contributed by atoms with van der Waals surface area (Å²) in [5.74, 6) is 0.703. The molecule has 0 spiro atoms. The molecule has 0 aliphatic carbocycles. The first-order chi connectivity index (χ1) is 21.4. The highest BCUT2D eigenvalue weighted by Gasteiger charge is 2.44. The molecule has 4 aromatic carbocycles. The van der Waals surface area contributed by atoms with E-state index < -0.39 is 18.9 Å². The molecule has 3 atom stereocenters. The van der Waals surface area contributed by atoms with E-state index in [2.05, 4.69) is 20.5 Å². The van der Waals surface area contributed by atoms with Gasteiger partial charge < -0.3 is 19.3 Å². The molecule has 14 heteroatoms. The molecule has 4 aliphatic heterocycles. The number of nitrogens with zero attached hydrogens (tertiary/aromatic N) is 5. The van der Waals surface area contributed by atoms with Gasteiger partial charge in [-0.1, -0.05) is 82.8 Å². The zero-order valence-corrected chi connectivity index (χ0v) is 25.2. The number of anilines is 2. The van der Waals surface area contributed by atoms with Crippen LogP contribution >= 0.6 is 46.4 Å². The van der Waals surface area contributed by atoms with Crippen molar-refractivity contribution in [1.82, 2.24) is 5.32 Å². The minimum Gasteiger partial charge on any atom is -0.506 e. The maximum absolute atomic E-state index is 11.2. The third-order valence-corrected chi connectivity index (χ3v) is 8.45. The van der Waals surface area contributed by atoms with Gasteiger partial charge in [-0.05, 0) is 36.4 Å². The van der Waals surface area contributed by atoms with Crippen LogP contribution in [0.4, 0.5) is 11.4 Å². The number of fused-ring (bicyclic) bond motifs is 6. The summed E-state index contributed by atoms with van der Waals surface area (Å²) in [6.07, 6.45) is -1.10. The summed E-state index contributed by atoms with van der Waals surface area (Å²) in [5, 5.41) is 27.6. The number of benzene rings is 4. The lowest BCUT2D eigenvalue weighted by Crippen LogP contribution is -2.49. The molecule has 0 saturated heterocycles. The lowest BCUT2D eigenvalue weighted by molar-refractivity contribution is 0.0638. The van der Waals surface area contributed by atoms with Crippen LogP contribution in [0, 0.1) is 0 Å². The number of hydrazone groups is 2. The SMILES string of the molecule is Oc1c(Cl)cc(Cl)c2c1C(Oc1c(Cl)cc(Cl)c3c1C=NC1OC(c4ccccc4)=NN31)NC1OC(c3ccccc3)=NN21. The predicted molar refractivity (Wildman–Crippen MR) is 169 cm³/mol. The normalized spacial score (nSPS) is 21.0. The Balaban J connectivity index is 1.20. The molecule has 0 fully saturated rings. The number of halogens is 4. The molecular formula is C30H18Cl4N6O4. The molecule has 10 nitrogen and oxygen atoms in total. The molecule has 0 bridgehead atoms. The van der Waals surface area contributed by atoms with Gasteiger partial charge in [0.05, 0.1) is 42.6 Å². The first-order valence-corrected chi connectivity index (χ1v) is 14.8. The average molecular weight is 668 g/mol. The van der Waals surface area contributed by atoms with Gasteiger partial charge in [0.2, 0.25) is 11.8 Å². The Morgan fingerprint density at radius 2 is 1.36 bits per heavy atom. The number of aromatic hydroxyl groups is 1. The second-order valence-electron chi connectivity index (χ2n) is 9.97. The monoisotopic (exact) mass is 666 g/mol. The average Bonchev–Trinajstić information content (AvgIpc) is 3.66. The van der Waals surface area contributed by atoms with E-state index in [9.17, 15) is 5.11 Å². The fourth-order valence-corrected chi connectivity index (χ4v) is 6.50. The van der Waals surface area contributed by atoms with Gasteiger partial charge in [0, 0.05) is 17.3 Å². The zero-order valence-electron chi connectivity index (χ0n) is 22.2. The summed E-state index contributed by atoms with van der Waals surface area (Å²) in [4.78, 5) is 4.53. The highest BCUT2D eigenvalue weighted by Crippen LogP contribution is 2.51. The van der Waals surface area contributed by atoms with Gasteiger partial charge in [0.1, 0.15) is 5.75 Å². The van der Waals surface area contributed by atoms with E-state index in [0.717, 1.165) is 11.1 Å². The number of hydrogen-bond acceptors (Lipinski definition) is 10. The largest absolute Gasteiger partial charge is 0.506 e. The van der Waals surface area contributed by atoms with Crippen molar-refractivity contribution in [3.05, 3.63) is 115 Å². The van der Waals surface area contributed by atoms with Gasteiger partial charge in [-0.2, -0.15) is 5.01 Å². The lowest BCUT2D eigenvalue weighted by atomic mass is 10.1. The number of nitrogens with one attached hydrogen (secondary N) is 1. The second-order valence-corrected chi connectivity index (χ2v) is 11.6. The number of hydrogen-bond donors (Lipinski definition) is 2. The molecule has 0 aromatic heterocycles. The summed E-state index contributed by atoms with van der Waals surface area (Å²) < 4.78 is 18.7. The highest BCUT2D eigenvalue weighted by atomic mass is 35.5. The summed E-state index contributed by atoms with van der Waals surface area (Å²) in [6, 6.07) is 21.8. The van der Waals surface area contributed by atoms with Gasteiger partial charge >= 0.3 is 0 Å². The van der Waals surface area contributed by atoms with Crippen LogP contribution < -0.4 is 20.1 Å². The van der Waals surface area contributed by atoms with Crippen molar-refractivity contribution in [3.63, 3.8) is 0 Å². The second kappa shape index (κ2) is 10.5. The van der Waals surface area contributed by atoms with E-state index in [1.54, 1.807) is 17.3 Å². The molecule has 0 amide bonds. The first-order valence-electron chi connectivity index (χ1n) is 13.3. The van der Waals surface area contributed by atoms with Crippen molar-refractivity contribution in [2.24, 2.45) is 15.2 Å². The number of phenols is 1. The Bertz CT molecular complexity index is 1920. The molecule has 220 valence electrons. The zero-order chi connectivity index (χ0) is 30.1. The highest BCUT2D eigenvalue weighted by molar-refractivity contribution is 6.39. The number of phenolic OH excluding ortho intramolecular Hbond substituents is 1. The fraction of sp³-hybridized carbons (Fsp3) is 0.100. The molecule has 2 N–H and O–H groups in total. The van der Waals surface area contributed by atoms with E-state index in [-0.39, 0.29) is 32.1 Å². The Hall–Kier alpha value is -4.19. The van der Waals surface area contributed by atoms with Crippen molar-refractivity contribution < 1.29 is 19.3 Å². The van der Waals surface area contributed by atoms with Crippen LogP contribution in [-0.2, 0) is 9.47 Å². The van der Waals surface area contributed by atoms with E-state index in [1.807, 2.05) is 60.7 Å². The van der Waals surface area contributed by atoms with Gasteiger partial charge in [0.25, 0.3) is 12.7 Å².